The zero-order chi connectivity index (χ0) is 17.6. The van der Waals surface area contributed by atoms with Crippen molar-refractivity contribution in [1.82, 2.24) is 14.7 Å². The van der Waals surface area contributed by atoms with Gasteiger partial charge in [-0.1, -0.05) is 49.4 Å². The van der Waals surface area contributed by atoms with E-state index in [1.807, 2.05) is 36.5 Å². The molecule has 0 aliphatic rings. The molecule has 0 atom stereocenters. The monoisotopic (exact) mass is 334 g/mol. The number of hydrogen-bond acceptors (Lipinski definition) is 2. The van der Waals surface area contributed by atoms with Gasteiger partial charge >= 0.3 is 6.03 Å². The average Bonchev–Trinajstić information content (AvgIpc) is 3.11. The second-order valence-electron chi connectivity index (χ2n) is 5.94. The van der Waals surface area contributed by atoms with E-state index in [-0.39, 0.29) is 6.03 Å². The van der Waals surface area contributed by atoms with E-state index in [2.05, 4.69) is 41.6 Å². The number of aryl methyl sites for hydroxylation is 1. The molecule has 0 spiro atoms. The fourth-order valence-electron chi connectivity index (χ4n) is 2.55. The van der Waals surface area contributed by atoms with Crippen LogP contribution in [0.2, 0.25) is 0 Å². The SMILES string of the molecule is CCc1ccc(CN(C)C(=O)Nc2ccn(-c3ccccc3)n2)cc1. The first kappa shape index (κ1) is 16.8. The molecule has 1 heterocycles. The number of carbonyl (C=O) groups is 1. The molecule has 0 aliphatic carbocycles. The fourth-order valence-corrected chi connectivity index (χ4v) is 2.55. The van der Waals surface area contributed by atoms with E-state index in [9.17, 15) is 4.79 Å². The lowest BCUT2D eigenvalue weighted by molar-refractivity contribution is 0.220. The van der Waals surface area contributed by atoms with Gasteiger partial charge in [-0.25, -0.2) is 9.48 Å². The van der Waals surface area contributed by atoms with Crippen molar-refractivity contribution in [2.45, 2.75) is 19.9 Å². The number of amides is 2. The highest BCUT2D eigenvalue weighted by Crippen LogP contribution is 2.12. The standard InChI is InChI=1S/C20H22N4O/c1-3-16-9-11-17(12-10-16)15-23(2)20(25)21-19-13-14-24(22-19)18-7-5-4-6-8-18/h4-14H,3,15H2,1-2H3,(H,21,22,25). The molecule has 3 aromatic rings. The summed E-state index contributed by atoms with van der Waals surface area (Å²) in [6.07, 6.45) is 2.84. The summed E-state index contributed by atoms with van der Waals surface area (Å²) in [5, 5.41) is 7.22. The summed E-state index contributed by atoms with van der Waals surface area (Å²) >= 11 is 0. The van der Waals surface area contributed by atoms with Crippen LogP contribution < -0.4 is 5.32 Å². The summed E-state index contributed by atoms with van der Waals surface area (Å²) in [5.41, 5.74) is 3.35. The van der Waals surface area contributed by atoms with Gasteiger partial charge in [-0.05, 0) is 29.7 Å². The van der Waals surface area contributed by atoms with Gasteiger partial charge in [0.25, 0.3) is 0 Å². The fraction of sp³-hybridized carbons (Fsp3) is 0.200. The molecule has 2 amide bonds. The van der Waals surface area contributed by atoms with Crippen molar-refractivity contribution in [1.29, 1.82) is 0 Å². The van der Waals surface area contributed by atoms with Crippen LogP contribution in [0.25, 0.3) is 5.69 Å². The van der Waals surface area contributed by atoms with Crippen LogP contribution in [0.5, 0.6) is 0 Å². The Balaban J connectivity index is 1.60. The Labute approximate surface area is 147 Å². The summed E-state index contributed by atoms with van der Waals surface area (Å²) in [7, 11) is 1.78. The van der Waals surface area contributed by atoms with Gasteiger partial charge in [0.2, 0.25) is 0 Å². The molecular formula is C20H22N4O. The van der Waals surface area contributed by atoms with Crippen LogP contribution in [0.1, 0.15) is 18.1 Å². The number of carbonyl (C=O) groups excluding carboxylic acids is 1. The van der Waals surface area contributed by atoms with Gasteiger partial charge in [0.05, 0.1) is 5.69 Å². The van der Waals surface area contributed by atoms with Crippen LogP contribution in [-0.2, 0) is 13.0 Å². The maximum absolute atomic E-state index is 12.4. The zero-order valence-electron chi connectivity index (χ0n) is 14.5. The molecule has 0 bridgehead atoms. The van der Waals surface area contributed by atoms with Crippen molar-refractivity contribution < 1.29 is 4.79 Å². The molecule has 1 N–H and O–H groups in total. The van der Waals surface area contributed by atoms with Crippen molar-refractivity contribution in [2.75, 3.05) is 12.4 Å². The third kappa shape index (κ3) is 4.26. The molecule has 0 radical (unpaired) electrons. The largest absolute Gasteiger partial charge is 0.323 e. The van der Waals surface area contributed by atoms with Gasteiger partial charge in [-0.3, -0.25) is 5.32 Å². The minimum absolute atomic E-state index is 0.183. The number of nitrogens with zero attached hydrogens (tertiary/aromatic N) is 3. The molecule has 128 valence electrons. The molecule has 5 heteroatoms. The Kier molecular flexibility index (Phi) is 5.14. The van der Waals surface area contributed by atoms with Gasteiger partial charge in [0.15, 0.2) is 5.82 Å². The van der Waals surface area contributed by atoms with Crippen molar-refractivity contribution >= 4 is 11.8 Å². The van der Waals surface area contributed by atoms with Gasteiger partial charge in [0, 0.05) is 25.9 Å². The Morgan fingerprint density at radius 3 is 2.40 bits per heavy atom. The Hall–Kier alpha value is -3.08. The van der Waals surface area contributed by atoms with Gasteiger partial charge < -0.3 is 4.90 Å². The number of benzene rings is 2. The Morgan fingerprint density at radius 2 is 1.72 bits per heavy atom. The lowest BCUT2D eigenvalue weighted by Gasteiger charge is -2.17. The van der Waals surface area contributed by atoms with Crippen molar-refractivity contribution in [3.05, 3.63) is 78.0 Å². The maximum Gasteiger partial charge on any atom is 0.323 e. The smallest absolute Gasteiger partial charge is 0.323 e. The van der Waals surface area contributed by atoms with Crippen LogP contribution in [-0.4, -0.2) is 27.8 Å². The second kappa shape index (κ2) is 7.66. The number of rotatable bonds is 5. The lowest BCUT2D eigenvalue weighted by atomic mass is 10.1. The Morgan fingerprint density at radius 1 is 1.04 bits per heavy atom. The third-order valence-corrected chi connectivity index (χ3v) is 4.04. The zero-order valence-corrected chi connectivity index (χ0v) is 14.5. The molecule has 0 saturated carbocycles. The summed E-state index contributed by atoms with van der Waals surface area (Å²) in [6, 6.07) is 19.7. The van der Waals surface area contributed by atoms with Crippen molar-refractivity contribution in [2.24, 2.45) is 0 Å². The first-order valence-electron chi connectivity index (χ1n) is 8.36. The predicted octanol–water partition coefficient (Wildman–Crippen LogP) is 4.10. The van der Waals surface area contributed by atoms with E-state index in [0.717, 1.165) is 17.7 Å². The van der Waals surface area contributed by atoms with Crippen LogP contribution >= 0.6 is 0 Å². The minimum Gasteiger partial charge on any atom is -0.323 e. The van der Waals surface area contributed by atoms with E-state index in [1.165, 1.54) is 5.56 Å². The molecule has 0 fully saturated rings. The van der Waals surface area contributed by atoms with Gasteiger partial charge in [-0.2, -0.15) is 0 Å². The topological polar surface area (TPSA) is 50.2 Å². The van der Waals surface area contributed by atoms with Gasteiger partial charge in [-0.15, -0.1) is 5.10 Å². The van der Waals surface area contributed by atoms with Crippen LogP contribution in [0, 0.1) is 0 Å². The lowest BCUT2D eigenvalue weighted by Crippen LogP contribution is -2.31. The number of nitrogens with one attached hydrogen (secondary N) is 1. The first-order valence-corrected chi connectivity index (χ1v) is 8.36. The van der Waals surface area contributed by atoms with Crippen molar-refractivity contribution in [3.8, 4) is 5.69 Å². The van der Waals surface area contributed by atoms with Crippen LogP contribution in [0.4, 0.5) is 10.6 Å². The first-order chi connectivity index (χ1) is 12.2. The number of aromatic nitrogens is 2. The van der Waals surface area contributed by atoms with E-state index >= 15 is 0 Å². The predicted molar refractivity (Wildman–Crippen MR) is 99.9 cm³/mol. The van der Waals surface area contributed by atoms with E-state index < -0.39 is 0 Å². The number of hydrogen-bond donors (Lipinski definition) is 1. The molecule has 0 saturated heterocycles. The Bertz CT molecular complexity index is 824. The van der Waals surface area contributed by atoms with Crippen LogP contribution in [0.15, 0.2) is 66.9 Å². The van der Waals surface area contributed by atoms with E-state index in [0.29, 0.717) is 12.4 Å². The summed E-state index contributed by atoms with van der Waals surface area (Å²) in [4.78, 5) is 14.0. The third-order valence-electron chi connectivity index (χ3n) is 4.04. The number of para-hydroxylation sites is 1. The highest BCUT2D eigenvalue weighted by molar-refractivity contribution is 5.88. The average molecular weight is 334 g/mol. The highest BCUT2D eigenvalue weighted by Gasteiger charge is 2.11. The molecule has 2 aromatic carbocycles. The highest BCUT2D eigenvalue weighted by atomic mass is 16.2. The summed E-state index contributed by atoms with van der Waals surface area (Å²) in [5.74, 6) is 0.530. The molecule has 0 aliphatic heterocycles. The van der Waals surface area contributed by atoms with E-state index in [4.69, 9.17) is 0 Å². The molecule has 5 nitrogen and oxygen atoms in total. The van der Waals surface area contributed by atoms with Crippen LogP contribution in [0.3, 0.4) is 0 Å². The van der Waals surface area contributed by atoms with E-state index in [1.54, 1.807) is 22.7 Å². The number of urea groups is 1. The molecule has 0 unspecified atom stereocenters. The minimum atomic E-state index is -0.183. The molecule has 1 aromatic heterocycles. The molecule has 25 heavy (non-hydrogen) atoms. The molecular weight excluding hydrogens is 312 g/mol. The second-order valence-corrected chi connectivity index (χ2v) is 5.94. The quantitative estimate of drug-likeness (QED) is 0.764. The maximum atomic E-state index is 12.4. The van der Waals surface area contributed by atoms with Crippen molar-refractivity contribution in [3.63, 3.8) is 0 Å². The summed E-state index contributed by atoms with van der Waals surface area (Å²) < 4.78 is 1.74. The van der Waals surface area contributed by atoms with Gasteiger partial charge in [0.1, 0.15) is 0 Å². The normalized spacial score (nSPS) is 10.5. The molecule has 3 rings (SSSR count). The summed E-state index contributed by atoms with van der Waals surface area (Å²) in [6.45, 7) is 2.68. The number of anilines is 1.